The molecule has 2 N–H and O–H groups in total. The van der Waals surface area contributed by atoms with E-state index < -0.39 is 0 Å². The molecule has 0 radical (unpaired) electrons. The van der Waals surface area contributed by atoms with Gasteiger partial charge in [-0.05, 0) is 29.8 Å². The van der Waals surface area contributed by atoms with Gasteiger partial charge in [0.05, 0.1) is 5.69 Å². The summed E-state index contributed by atoms with van der Waals surface area (Å²) in [7, 11) is 3.70. The summed E-state index contributed by atoms with van der Waals surface area (Å²) < 4.78 is 0. The number of anilines is 1. The monoisotopic (exact) mass is 321 g/mol. The molecule has 2 aromatic carbocycles. The van der Waals surface area contributed by atoms with Crippen LogP contribution in [0.4, 0.5) is 11.4 Å². The van der Waals surface area contributed by atoms with E-state index in [9.17, 15) is 0 Å². The fraction of sp³-hybridized carbons (Fsp3) is 0.158. The van der Waals surface area contributed by atoms with Crippen molar-refractivity contribution in [1.82, 2.24) is 10.2 Å². The molecule has 0 amide bonds. The predicted octanol–water partition coefficient (Wildman–Crippen LogP) is 4.48. The van der Waals surface area contributed by atoms with Crippen molar-refractivity contribution in [2.24, 2.45) is 10.2 Å². The summed E-state index contributed by atoms with van der Waals surface area (Å²) in [5, 5.41) is 14.6. The van der Waals surface area contributed by atoms with Crippen molar-refractivity contribution < 1.29 is 0 Å². The Morgan fingerprint density at radius 1 is 1.12 bits per heavy atom. The fourth-order valence-corrected chi connectivity index (χ4v) is 1.90. The highest BCUT2D eigenvalue weighted by molar-refractivity contribution is 5.50. The normalized spacial score (nSPS) is 10.9. The van der Waals surface area contributed by atoms with E-state index in [4.69, 9.17) is 0 Å². The third-order valence-corrected chi connectivity index (χ3v) is 3.36. The van der Waals surface area contributed by atoms with Gasteiger partial charge in [-0.1, -0.05) is 36.9 Å². The van der Waals surface area contributed by atoms with Crippen LogP contribution in [-0.4, -0.2) is 19.0 Å². The van der Waals surface area contributed by atoms with Crippen molar-refractivity contribution in [2.75, 3.05) is 19.4 Å². The molecular weight excluding hydrogens is 298 g/mol. The number of azo groups is 1. The lowest BCUT2D eigenvalue weighted by Gasteiger charge is -2.11. The lowest BCUT2D eigenvalue weighted by Crippen LogP contribution is -2.08. The van der Waals surface area contributed by atoms with Crippen LogP contribution in [0.2, 0.25) is 0 Å². The van der Waals surface area contributed by atoms with Gasteiger partial charge >= 0.3 is 0 Å². The molecule has 0 spiro atoms. The van der Waals surface area contributed by atoms with E-state index in [1.165, 1.54) is 5.56 Å². The molecule has 0 saturated carbocycles. The maximum atomic E-state index is 4.20. The molecule has 0 aliphatic heterocycles. The van der Waals surface area contributed by atoms with Gasteiger partial charge in [0.25, 0.3) is 0 Å². The second kappa shape index (κ2) is 9.15. The number of hydrogen-bond acceptors (Lipinski definition) is 5. The van der Waals surface area contributed by atoms with Crippen LogP contribution >= 0.6 is 0 Å². The summed E-state index contributed by atoms with van der Waals surface area (Å²) in [6.07, 6.45) is 3.63. The first-order chi connectivity index (χ1) is 11.7. The first kappa shape index (κ1) is 17.3. The molecule has 0 saturated heterocycles. The Bertz CT molecular complexity index is 689. The highest BCUT2D eigenvalue weighted by Gasteiger charge is 1.97. The van der Waals surface area contributed by atoms with Gasteiger partial charge in [-0.15, -0.1) is 10.2 Å². The van der Waals surface area contributed by atoms with Crippen molar-refractivity contribution in [2.45, 2.75) is 6.54 Å². The van der Waals surface area contributed by atoms with Crippen LogP contribution in [0, 0.1) is 0 Å². The molecule has 0 aliphatic rings. The van der Waals surface area contributed by atoms with Crippen LogP contribution in [0.5, 0.6) is 0 Å². The van der Waals surface area contributed by atoms with E-state index in [2.05, 4.69) is 39.6 Å². The Morgan fingerprint density at radius 2 is 1.83 bits per heavy atom. The molecule has 2 rings (SSSR count). The largest absolute Gasteiger partial charge is 0.393 e. The van der Waals surface area contributed by atoms with Crippen molar-refractivity contribution in [1.29, 1.82) is 0 Å². The van der Waals surface area contributed by atoms with Gasteiger partial charge in [-0.25, -0.2) is 0 Å². The Hall–Kier alpha value is -3.08. The minimum atomic E-state index is 0.563. The molecule has 0 aromatic heterocycles. The van der Waals surface area contributed by atoms with Crippen molar-refractivity contribution >= 4 is 11.4 Å². The summed E-state index contributed by atoms with van der Waals surface area (Å²) in [4.78, 5) is 1.79. The molecule has 0 bridgehead atoms. The first-order valence-electron chi connectivity index (χ1n) is 7.74. The van der Waals surface area contributed by atoms with Crippen LogP contribution in [0.3, 0.4) is 0 Å². The molecule has 0 aliphatic carbocycles. The molecule has 0 fully saturated rings. The van der Waals surface area contributed by atoms with E-state index in [1.807, 2.05) is 62.8 Å². The third-order valence-electron chi connectivity index (χ3n) is 3.36. The highest BCUT2D eigenvalue weighted by Crippen LogP contribution is 2.18. The second-order valence-corrected chi connectivity index (χ2v) is 5.22. The van der Waals surface area contributed by atoms with Gasteiger partial charge in [0.2, 0.25) is 0 Å². The molecule has 5 heteroatoms. The van der Waals surface area contributed by atoms with E-state index in [-0.39, 0.29) is 0 Å². The van der Waals surface area contributed by atoms with Gasteiger partial charge in [-0.3, -0.25) is 0 Å². The zero-order chi connectivity index (χ0) is 17.2. The topological polar surface area (TPSA) is 52.0 Å². The molecule has 0 heterocycles. The second-order valence-electron chi connectivity index (χ2n) is 5.22. The molecule has 0 unspecified atom stereocenters. The first-order valence-corrected chi connectivity index (χ1v) is 7.74. The number of nitrogens with one attached hydrogen (secondary N) is 2. The van der Waals surface area contributed by atoms with E-state index in [1.54, 1.807) is 11.1 Å². The van der Waals surface area contributed by atoms with Crippen LogP contribution in [0.25, 0.3) is 0 Å². The van der Waals surface area contributed by atoms with Gasteiger partial charge in [0.1, 0.15) is 5.82 Å². The number of hydrogen-bond donors (Lipinski definition) is 2. The zero-order valence-corrected chi connectivity index (χ0v) is 14.1. The van der Waals surface area contributed by atoms with Gasteiger partial charge in [0.15, 0.2) is 0 Å². The number of nitrogens with zero attached hydrogens (tertiary/aromatic N) is 3. The van der Waals surface area contributed by atoms with Crippen LogP contribution in [0.1, 0.15) is 5.56 Å². The van der Waals surface area contributed by atoms with E-state index >= 15 is 0 Å². The number of rotatable bonds is 8. The summed E-state index contributed by atoms with van der Waals surface area (Å²) in [5.41, 5.74) is 3.08. The lowest BCUT2D eigenvalue weighted by molar-refractivity contribution is 0.553. The molecule has 2 aromatic rings. The Balaban J connectivity index is 1.88. The maximum absolute atomic E-state index is 4.20. The van der Waals surface area contributed by atoms with Crippen molar-refractivity contribution in [3.05, 3.63) is 85.0 Å². The standard InChI is InChI=1S/C19H23N5/c1-16(24(3)14-13-20-2)22-23-19-11-9-18(10-12-19)21-15-17-7-5-4-6-8-17/h4-14,20-21H,1,15H2,2-3H3/b14-13-,23-22?. The highest BCUT2D eigenvalue weighted by atomic mass is 15.3. The van der Waals surface area contributed by atoms with Gasteiger partial charge < -0.3 is 15.5 Å². The summed E-state index contributed by atoms with van der Waals surface area (Å²) in [6, 6.07) is 18.1. The van der Waals surface area contributed by atoms with Gasteiger partial charge in [-0.2, -0.15) is 0 Å². The predicted molar refractivity (Wildman–Crippen MR) is 99.8 cm³/mol. The zero-order valence-electron chi connectivity index (χ0n) is 14.1. The van der Waals surface area contributed by atoms with Crippen LogP contribution in [-0.2, 0) is 6.54 Å². The summed E-state index contributed by atoms with van der Waals surface area (Å²) in [6.45, 7) is 4.67. The maximum Gasteiger partial charge on any atom is 0.147 e. The molecule has 5 nitrogen and oxygen atoms in total. The van der Waals surface area contributed by atoms with Gasteiger partial charge in [0, 0.05) is 38.7 Å². The third kappa shape index (κ3) is 5.61. The average Bonchev–Trinajstić information content (AvgIpc) is 2.64. The molecule has 124 valence electrons. The quantitative estimate of drug-likeness (QED) is 0.705. The van der Waals surface area contributed by atoms with E-state index in [0.29, 0.717) is 5.82 Å². The van der Waals surface area contributed by atoms with Crippen molar-refractivity contribution in [3.63, 3.8) is 0 Å². The van der Waals surface area contributed by atoms with Crippen LogP contribution in [0.15, 0.2) is 89.6 Å². The molecular formula is C19H23N5. The minimum absolute atomic E-state index is 0.563. The fourth-order valence-electron chi connectivity index (χ4n) is 1.90. The Morgan fingerprint density at radius 3 is 2.50 bits per heavy atom. The van der Waals surface area contributed by atoms with Crippen LogP contribution < -0.4 is 10.6 Å². The van der Waals surface area contributed by atoms with E-state index in [0.717, 1.165) is 17.9 Å². The smallest absolute Gasteiger partial charge is 0.147 e. The number of benzene rings is 2. The lowest BCUT2D eigenvalue weighted by atomic mass is 10.2. The minimum Gasteiger partial charge on any atom is -0.393 e. The molecule has 24 heavy (non-hydrogen) atoms. The Labute approximate surface area is 143 Å². The molecule has 0 atom stereocenters. The van der Waals surface area contributed by atoms with Crippen molar-refractivity contribution in [3.8, 4) is 0 Å². The summed E-state index contributed by atoms with van der Waals surface area (Å²) in [5.74, 6) is 0.563. The Kier molecular flexibility index (Phi) is 6.58. The average molecular weight is 321 g/mol. The SMILES string of the molecule is C=C(N=Nc1ccc(NCc2ccccc2)cc1)N(C)/C=C\NC. The summed E-state index contributed by atoms with van der Waals surface area (Å²) >= 11 is 0.